The van der Waals surface area contributed by atoms with E-state index < -0.39 is 27.7 Å². The number of rotatable bonds is 6. The fraction of sp³-hybridized carbons (Fsp3) is 0.577. The van der Waals surface area contributed by atoms with Crippen molar-refractivity contribution in [2.75, 3.05) is 70.3 Å². The van der Waals surface area contributed by atoms with Crippen molar-refractivity contribution in [1.29, 1.82) is 0 Å². The third kappa shape index (κ3) is 6.67. The number of hydrazone groups is 1. The molecule has 2 atom stereocenters. The molecule has 15 heteroatoms. The van der Waals surface area contributed by atoms with Crippen LogP contribution in [0.1, 0.15) is 18.1 Å². The molecule has 1 aromatic carbocycles. The van der Waals surface area contributed by atoms with E-state index in [1.165, 1.54) is 6.07 Å². The van der Waals surface area contributed by atoms with E-state index in [0.29, 0.717) is 49.4 Å². The first-order chi connectivity index (χ1) is 19.4. The van der Waals surface area contributed by atoms with Gasteiger partial charge in [0.05, 0.1) is 42.7 Å². The number of amidine groups is 2. The van der Waals surface area contributed by atoms with Crippen LogP contribution in [-0.2, 0) is 27.3 Å². The van der Waals surface area contributed by atoms with Crippen LogP contribution in [0.15, 0.2) is 45.1 Å². The van der Waals surface area contributed by atoms with E-state index >= 15 is 0 Å². The summed E-state index contributed by atoms with van der Waals surface area (Å²) in [6.07, 6.45) is -1.62. The Bertz CT molecular complexity index is 1360. The minimum Gasteiger partial charge on any atom is -0.378 e. The van der Waals surface area contributed by atoms with Crippen LogP contribution in [0.3, 0.4) is 0 Å². The molecule has 5 rings (SSSR count). The molecule has 1 N–H and O–H groups in total. The molecule has 0 aromatic heterocycles. The molecule has 4 heterocycles. The summed E-state index contributed by atoms with van der Waals surface area (Å²) in [4.78, 5) is 15.1. The summed E-state index contributed by atoms with van der Waals surface area (Å²) in [5, 5.41) is 9.89. The van der Waals surface area contributed by atoms with E-state index in [2.05, 4.69) is 15.2 Å². The number of halogens is 3. The van der Waals surface area contributed by atoms with Crippen LogP contribution in [0.4, 0.5) is 18.9 Å². The zero-order valence-electron chi connectivity index (χ0n) is 23.3. The van der Waals surface area contributed by atoms with Crippen LogP contribution in [-0.4, -0.2) is 123 Å². The first-order valence-corrected chi connectivity index (χ1v) is 15.3. The molecule has 0 radical (unpaired) electrons. The molecule has 0 aliphatic carbocycles. The van der Waals surface area contributed by atoms with Gasteiger partial charge in [0.2, 0.25) is 0 Å². The number of anilines is 1. The van der Waals surface area contributed by atoms with Gasteiger partial charge >= 0.3 is 6.18 Å². The average molecular weight is 597 g/mol. The van der Waals surface area contributed by atoms with Gasteiger partial charge in [0.15, 0.2) is 21.5 Å². The summed E-state index contributed by atoms with van der Waals surface area (Å²) < 4.78 is 71.9. The summed E-state index contributed by atoms with van der Waals surface area (Å²) >= 11 is 0. The number of nitrogens with zero attached hydrogens (tertiary/aromatic N) is 7. The summed E-state index contributed by atoms with van der Waals surface area (Å²) in [6, 6.07) is 3.70. The highest BCUT2D eigenvalue weighted by Crippen LogP contribution is 2.37. The lowest BCUT2D eigenvalue weighted by Gasteiger charge is -2.35. The minimum atomic E-state index is -4.58. The van der Waals surface area contributed by atoms with Crippen LogP contribution in [0, 0.1) is 0 Å². The fourth-order valence-electron chi connectivity index (χ4n) is 5.13. The lowest BCUT2D eigenvalue weighted by atomic mass is 10.0. The second-order valence-corrected chi connectivity index (χ2v) is 13.0. The van der Waals surface area contributed by atoms with Gasteiger partial charge in [-0.2, -0.15) is 18.3 Å². The topological polar surface area (TPSA) is 105 Å². The second-order valence-electron chi connectivity index (χ2n) is 10.7. The molecule has 0 saturated carbocycles. The lowest BCUT2D eigenvalue weighted by Crippen LogP contribution is -2.47. The molecule has 41 heavy (non-hydrogen) atoms. The van der Waals surface area contributed by atoms with Gasteiger partial charge in [-0.1, -0.05) is 6.07 Å². The first kappa shape index (κ1) is 29.3. The Hall–Kier alpha value is -3.17. The molecule has 0 amide bonds. The molecule has 0 spiro atoms. The highest BCUT2D eigenvalue weighted by atomic mass is 32.2. The van der Waals surface area contributed by atoms with Gasteiger partial charge in [0.25, 0.3) is 0 Å². The fourth-order valence-corrected chi connectivity index (χ4v) is 6.41. The molecule has 0 bridgehead atoms. The monoisotopic (exact) mass is 596 g/mol. The Morgan fingerprint density at radius 2 is 1.88 bits per heavy atom. The largest absolute Gasteiger partial charge is 0.416 e. The van der Waals surface area contributed by atoms with Gasteiger partial charge in [0, 0.05) is 64.1 Å². The Morgan fingerprint density at radius 1 is 1.17 bits per heavy atom. The van der Waals surface area contributed by atoms with Crippen molar-refractivity contribution in [3.8, 4) is 0 Å². The van der Waals surface area contributed by atoms with Crippen LogP contribution in [0.5, 0.6) is 0 Å². The maximum Gasteiger partial charge on any atom is 0.416 e. The first-order valence-electron chi connectivity index (χ1n) is 13.5. The number of hydrogen-bond acceptors (Lipinski definition) is 10. The SMILES string of the molecule is CC1N=C2C(N=CN(C)C)=CC(N3CCOCC3)=NN2C1Nc1cccc(C(F)(F)F)c1CN1CCS(=O)(=O)CC1. The van der Waals surface area contributed by atoms with Gasteiger partial charge in [-0.15, -0.1) is 0 Å². The number of fused-ring (bicyclic) bond motifs is 1. The number of ether oxygens (including phenoxy) is 1. The number of benzene rings is 1. The van der Waals surface area contributed by atoms with Gasteiger partial charge in [-0.3, -0.25) is 9.89 Å². The molecule has 4 aliphatic heterocycles. The van der Waals surface area contributed by atoms with E-state index in [-0.39, 0.29) is 42.7 Å². The number of morpholine rings is 1. The van der Waals surface area contributed by atoms with E-state index in [0.717, 1.165) is 6.07 Å². The Balaban J connectivity index is 1.47. The van der Waals surface area contributed by atoms with E-state index in [4.69, 9.17) is 14.8 Å². The quantitative estimate of drug-likeness (QED) is 0.393. The number of nitrogens with one attached hydrogen (secondary N) is 1. The van der Waals surface area contributed by atoms with Crippen LogP contribution in [0.2, 0.25) is 0 Å². The number of aliphatic imine (C=N–C) groups is 2. The van der Waals surface area contributed by atoms with Crippen molar-refractivity contribution < 1.29 is 26.3 Å². The minimum absolute atomic E-state index is 0.0388. The van der Waals surface area contributed by atoms with Gasteiger partial charge < -0.3 is 19.9 Å². The summed E-state index contributed by atoms with van der Waals surface area (Å²) in [6.45, 7) is 4.62. The third-order valence-corrected chi connectivity index (χ3v) is 8.94. The lowest BCUT2D eigenvalue weighted by molar-refractivity contribution is -0.138. The zero-order valence-corrected chi connectivity index (χ0v) is 24.1. The molecule has 4 aliphatic rings. The average Bonchev–Trinajstić information content (AvgIpc) is 3.23. The smallest absolute Gasteiger partial charge is 0.378 e. The van der Waals surface area contributed by atoms with E-state index in [1.54, 1.807) is 27.2 Å². The van der Waals surface area contributed by atoms with Crippen LogP contribution in [0.25, 0.3) is 0 Å². The molecular weight excluding hydrogens is 561 g/mol. The van der Waals surface area contributed by atoms with Gasteiger partial charge in [0.1, 0.15) is 11.9 Å². The highest BCUT2D eigenvalue weighted by Gasteiger charge is 2.40. The Labute approximate surface area is 237 Å². The molecule has 2 fully saturated rings. The van der Waals surface area contributed by atoms with Crippen molar-refractivity contribution in [1.82, 2.24) is 19.7 Å². The molecule has 2 unspecified atom stereocenters. The van der Waals surface area contributed by atoms with Crippen molar-refractivity contribution in [2.45, 2.75) is 31.9 Å². The van der Waals surface area contributed by atoms with Gasteiger partial charge in [-0.25, -0.2) is 18.4 Å². The Morgan fingerprint density at radius 3 is 2.54 bits per heavy atom. The number of hydrogen-bond donors (Lipinski definition) is 1. The van der Waals surface area contributed by atoms with Crippen LogP contribution >= 0.6 is 0 Å². The van der Waals surface area contributed by atoms with E-state index in [9.17, 15) is 21.6 Å². The van der Waals surface area contributed by atoms with E-state index in [1.807, 2.05) is 27.1 Å². The molecule has 224 valence electrons. The summed E-state index contributed by atoms with van der Waals surface area (Å²) in [7, 11) is 0.545. The van der Waals surface area contributed by atoms with Crippen LogP contribution < -0.4 is 5.32 Å². The third-order valence-electron chi connectivity index (χ3n) is 7.33. The van der Waals surface area contributed by atoms with Crippen molar-refractivity contribution in [3.63, 3.8) is 0 Å². The molecule has 11 nitrogen and oxygen atoms in total. The number of alkyl halides is 3. The van der Waals surface area contributed by atoms with Gasteiger partial charge in [-0.05, 0) is 19.1 Å². The highest BCUT2D eigenvalue weighted by molar-refractivity contribution is 7.91. The van der Waals surface area contributed by atoms with Crippen molar-refractivity contribution in [3.05, 3.63) is 41.1 Å². The number of sulfone groups is 1. The molecular formula is C26H35F3N8O3S. The van der Waals surface area contributed by atoms with Crippen molar-refractivity contribution in [2.24, 2.45) is 15.1 Å². The summed E-state index contributed by atoms with van der Waals surface area (Å²) in [5.41, 5.74) is 0.216. The predicted octanol–water partition coefficient (Wildman–Crippen LogP) is 1.91. The standard InChI is InChI=1S/C26H35F3N8O3S/c1-18-24(37-25(31-18)22(30-17-34(2)3)15-23(33-37)36-7-11-40-12-8-36)32-21-6-4-5-20(26(27,28)29)19(21)16-35-9-13-41(38,39)14-10-35/h4-6,15,17-18,24,32H,7-14,16H2,1-3H3. The maximum atomic E-state index is 14.2. The predicted molar refractivity (Wildman–Crippen MR) is 152 cm³/mol. The summed E-state index contributed by atoms with van der Waals surface area (Å²) in [5.74, 6) is 1.06. The molecule has 2 saturated heterocycles. The molecule has 1 aromatic rings. The normalized spacial score (nSPS) is 25.1. The second kappa shape index (κ2) is 11.6. The zero-order chi connectivity index (χ0) is 29.4. The van der Waals surface area contributed by atoms with Crippen molar-refractivity contribution >= 4 is 33.5 Å². The Kier molecular flexibility index (Phi) is 8.30. The maximum absolute atomic E-state index is 14.2.